The molecule has 27 heavy (non-hydrogen) atoms. The van der Waals surface area contributed by atoms with Crippen LogP contribution in [0, 0.1) is 5.82 Å². The molecule has 5 nitrogen and oxygen atoms in total. The molecule has 0 aliphatic carbocycles. The highest BCUT2D eigenvalue weighted by Gasteiger charge is 2.13. The van der Waals surface area contributed by atoms with Gasteiger partial charge in [0.2, 0.25) is 0 Å². The summed E-state index contributed by atoms with van der Waals surface area (Å²) in [5.41, 5.74) is 1.91. The van der Waals surface area contributed by atoms with Crippen LogP contribution in [-0.2, 0) is 11.3 Å². The fourth-order valence-corrected chi connectivity index (χ4v) is 2.90. The molecule has 0 unspecified atom stereocenters. The molecule has 0 saturated carbocycles. The van der Waals surface area contributed by atoms with Crippen molar-refractivity contribution in [2.24, 2.45) is 0 Å². The lowest BCUT2D eigenvalue weighted by Crippen LogP contribution is -2.35. The molecule has 0 radical (unpaired) electrons. The van der Waals surface area contributed by atoms with Crippen molar-refractivity contribution < 1.29 is 13.9 Å². The Bertz CT molecular complexity index is 783. The quantitative estimate of drug-likeness (QED) is 0.759. The van der Waals surface area contributed by atoms with Gasteiger partial charge in [-0.15, -0.1) is 12.4 Å². The van der Waals surface area contributed by atoms with Crippen molar-refractivity contribution in [2.75, 3.05) is 31.6 Å². The summed E-state index contributed by atoms with van der Waals surface area (Å²) in [6, 6.07) is 13.6. The maximum Gasteiger partial charge on any atom is 0.260 e. The van der Waals surface area contributed by atoms with Crippen LogP contribution >= 0.6 is 24.6 Å². The van der Waals surface area contributed by atoms with Gasteiger partial charge in [0.05, 0.1) is 18.8 Å². The Balaban J connectivity index is 0.00000261. The van der Waals surface area contributed by atoms with Crippen LogP contribution in [0.25, 0.3) is 0 Å². The number of anilines is 1. The minimum absolute atomic E-state index is 0. The maximum absolute atomic E-state index is 13.6. The first-order chi connectivity index (χ1) is 12.6. The van der Waals surface area contributed by atoms with Gasteiger partial charge in [0, 0.05) is 25.3 Å². The van der Waals surface area contributed by atoms with E-state index in [4.69, 9.17) is 17.0 Å². The fourth-order valence-electron chi connectivity index (χ4n) is 2.69. The van der Waals surface area contributed by atoms with Crippen LogP contribution in [0.1, 0.15) is 15.9 Å². The number of ether oxygens (including phenoxy) is 1. The largest absolute Gasteiger partial charge is 0.379 e. The molecule has 0 aromatic heterocycles. The van der Waals surface area contributed by atoms with Gasteiger partial charge >= 0.3 is 0 Å². The third-order valence-electron chi connectivity index (χ3n) is 4.07. The zero-order valence-electron chi connectivity index (χ0n) is 14.6. The first kappa shape index (κ1) is 21.2. The summed E-state index contributed by atoms with van der Waals surface area (Å²) < 4.78 is 19.0. The van der Waals surface area contributed by atoms with Gasteiger partial charge < -0.3 is 10.1 Å². The van der Waals surface area contributed by atoms with Crippen molar-refractivity contribution >= 4 is 41.3 Å². The number of morpholine rings is 1. The number of halogens is 2. The summed E-state index contributed by atoms with van der Waals surface area (Å²) in [6.07, 6.45) is 0. The van der Waals surface area contributed by atoms with Crippen molar-refractivity contribution in [3.05, 3.63) is 65.5 Å². The molecule has 2 N–H and O–H groups in total. The Labute approximate surface area is 169 Å². The fraction of sp³-hybridized carbons (Fsp3) is 0.263. The van der Waals surface area contributed by atoms with E-state index in [-0.39, 0.29) is 23.1 Å². The van der Waals surface area contributed by atoms with E-state index in [0.29, 0.717) is 0 Å². The molecule has 3 rings (SSSR count). The van der Waals surface area contributed by atoms with Crippen molar-refractivity contribution in [3.63, 3.8) is 0 Å². The van der Waals surface area contributed by atoms with Gasteiger partial charge in [0.15, 0.2) is 5.11 Å². The highest BCUT2D eigenvalue weighted by Crippen LogP contribution is 2.13. The van der Waals surface area contributed by atoms with Gasteiger partial charge in [-0.2, -0.15) is 0 Å². The van der Waals surface area contributed by atoms with E-state index in [0.717, 1.165) is 38.5 Å². The molecule has 1 aliphatic rings. The summed E-state index contributed by atoms with van der Waals surface area (Å²) in [4.78, 5) is 14.4. The molecule has 0 spiro atoms. The third kappa shape index (κ3) is 6.25. The normalized spacial score (nSPS) is 14.1. The number of carbonyl (C=O) groups is 1. The van der Waals surface area contributed by atoms with Crippen molar-refractivity contribution in [1.29, 1.82) is 0 Å². The number of benzene rings is 2. The lowest BCUT2D eigenvalue weighted by molar-refractivity contribution is 0.0342. The Morgan fingerprint density at radius 1 is 1.11 bits per heavy atom. The Hall–Kier alpha value is -2.06. The second-order valence-electron chi connectivity index (χ2n) is 5.97. The molecule has 2 aromatic carbocycles. The average molecular weight is 410 g/mol. The molecule has 1 amide bonds. The Morgan fingerprint density at radius 3 is 2.44 bits per heavy atom. The number of thiocarbonyl (C=S) groups is 1. The number of hydrogen-bond acceptors (Lipinski definition) is 4. The average Bonchev–Trinajstić information content (AvgIpc) is 2.64. The van der Waals surface area contributed by atoms with Crippen LogP contribution in [0.5, 0.6) is 0 Å². The van der Waals surface area contributed by atoms with Crippen LogP contribution in [0.15, 0.2) is 48.5 Å². The van der Waals surface area contributed by atoms with Crippen LogP contribution in [-0.4, -0.2) is 42.2 Å². The van der Waals surface area contributed by atoms with Gasteiger partial charge in [-0.05, 0) is 42.0 Å². The zero-order chi connectivity index (χ0) is 18.4. The standard InChI is InChI=1S/C19H20FN3O2S.ClH/c20-17-4-2-1-3-16(17)18(24)22-19(26)21-15-7-5-14(6-8-15)13-23-9-11-25-12-10-23;/h1-8H,9-13H2,(H2,21,22,24,26);1H. The van der Waals surface area contributed by atoms with Gasteiger partial charge in [-0.3, -0.25) is 15.0 Å². The SMILES string of the molecule is Cl.O=C(NC(=S)Nc1ccc(CN2CCOCC2)cc1)c1ccccc1F. The minimum Gasteiger partial charge on any atom is -0.379 e. The number of amides is 1. The Kier molecular flexibility index (Phi) is 8.12. The molecule has 0 bridgehead atoms. The second-order valence-corrected chi connectivity index (χ2v) is 6.38. The van der Waals surface area contributed by atoms with Crippen molar-refractivity contribution in [2.45, 2.75) is 6.54 Å². The first-order valence-corrected chi connectivity index (χ1v) is 8.78. The van der Waals surface area contributed by atoms with E-state index in [9.17, 15) is 9.18 Å². The van der Waals surface area contributed by atoms with E-state index in [1.807, 2.05) is 24.3 Å². The number of nitrogens with one attached hydrogen (secondary N) is 2. The number of carbonyl (C=O) groups excluding carboxylic acids is 1. The van der Waals surface area contributed by atoms with E-state index < -0.39 is 11.7 Å². The first-order valence-electron chi connectivity index (χ1n) is 8.38. The van der Waals surface area contributed by atoms with Crippen LogP contribution in [0.3, 0.4) is 0 Å². The van der Waals surface area contributed by atoms with Crippen LogP contribution in [0.4, 0.5) is 10.1 Å². The van der Waals surface area contributed by atoms with Crippen LogP contribution < -0.4 is 10.6 Å². The van der Waals surface area contributed by atoms with Gasteiger partial charge in [0.25, 0.3) is 5.91 Å². The van der Waals surface area contributed by atoms with Crippen molar-refractivity contribution in [3.8, 4) is 0 Å². The summed E-state index contributed by atoms with van der Waals surface area (Å²) >= 11 is 5.13. The molecule has 2 aromatic rings. The summed E-state index contributed by atoms with van der Waals surface area (Å²) in [6.45, 7) is 4.29. The minimum atomic E-state index is -0.583. The molecule has 0 atom stereocenters. The van der Waals surface area contributed by atoms with E-state index in [1.54, 1.807) is 6.07 Å². The van der Waals surface area contributed by atoms with E-state index in [2.05, 4.69) is 15.5 Å². The topological polar surface area (TPSA) is 53.6 Å². The second kappa shape index (κ2) is 10.3. The molecule has 1 saturated heterocycles. The molecule has 8 heteroatoms. The van der Waals surface area contributed by atoms with Crippen molar-refractivity contribution in [1.82, 2.24) is 10.2 Å². The molecular formula is C19H21ClFN3O2S. The monoisotopic (exact) mass is 409 g/mol. The number of hydrogen-bond donors (Lipinski definition) is 2. The zero-order valence-corrected chi connectivity index (χ0v) is 16.2. The predicted molar refractivity (Wildman–Crippen MR) is 110 cm³/mol. The van der Waals surface area contributed by atoms with E-state index >= 15 is 0 Å². The molecular weight excluding hydrogens is 389 g/mol. The lowest BCUT2D eigenvalue weighted by Gasteiger charge is -2.26. The summed E-state index contributed by atoms with van der Waals surface area (Å²) in [5.74, 6) is -1.16. The summed E-state index contributed by atoms with van der Waals surface area (Å²) in [5, 5.41) is 5.55. The molecule has 1 heterocycles. The molecule has 144 valence electrons. The maximum atomic E-state index is 13.6. The van der Waals surface area contributed by atoms with Gasteiger partial charge in [0.1, 0.15) is 5.82 Å². The molecule has 1 fully saturated rings. The van der Waals surface area contributed by atoms with E-state index in [1.165, 1.54) is 23.8 Å². The predicted octanol–water partition coefficient (Wildman–Crippen LogP) is 3.21. The van der Waals surface area contributed by atoms with Gasteiger partial charge in [-0.25, -0.2) is 4.39 Å². The van der Waals surface area contributed by atoms with Crippen LogP contribution in [0.2, 0.25) is 0 Å². The molecule has 1 aliphatic heterocycles. The number of rotatable bonds is 4. The smallest absolute Gasteiger partial charge is 0.260 e. The summed E-state index contributed by atoms with van der Waals surface area (Å²) in [7, 11) is 0. The third-order valence-corrected chi connectivity index (χ3v) is 4.27. The Morgan fingerprint density at radius 2 is 1.78 bits per heavy atom. The number of nitrogens with zero attached hydrogens (tertiary/aromatic N) is 1. The highest BCUT2D eigenvalue weighted by atomic mass is 35.5. The highest BCUT2D eigenvalue weighted by molar-refractivity contribution is 7.80. The van der Waals surface area contributed by atoms with Gasteiger partial charge in [-0.1, -0.05) is 24.3 Å². The lowest BCUT2D eigenvalue weighted by atomic mass is 10.2.